The van der Waals surface area contributed by atoms with Crippen molar-refractivity contribution in [1.82, 2.24) is 10.3 Å². The van der Waals surface area contributed by atoms with Crippen molar-refractivity contribution >= 4 is 5.69 Å². The predicted molar refractivity (Wildman–Crippen MR) is 74.3 cm³/mol. The molecule has 0 aromatic carbocycles. The monoisotopic (exact) mass is 233 g/mol. The molecule has 1 rings (SSSR count). The Bertz CT molecular complexity index is 347. The Morgan fingerprint density at radius 3 is 2.88 bits per heavy atom. The van der Waals surface area contributed by atoms with E-state index < -0.39 is 0 Å². The van der Waals surface area contributed by atoms with Gasteiger partial charge in [0.1, 0.15) is 0 Å². The summed E-state index contributed by atoms with van der Waals surface area (Å²) in [5.41, 5.74) is 2.49. The van der Waals surface area contributed by atoms with Gasteiger partial charge in [-0.15, -0.1) is 6.58 Å². The van der Waals surface area contributed by atoms with E-state index in [1.165, 1.54) is 11.3 Å². The van der Waals surface area contributed by atoms with E-state index in [4.69, 9.17) is 0 Å². The minimum absolute atomic E-state index is 0.454. The van der Waals surface area contributed by atoms with E-state index in [0.717, 1.165) is 19.6 Å². The maximum atomic E-state index is 4.21. The van der Waals surface area contributed by atoms with Crippen molar-refractivity contribution in [3.05, 3.63) is 36.7 Å². The number of rotatable bonds is 7. The SMILES string of the molecule is C=CCN(c1ccncc1CNCC)C(C)C. The summed E-state index contributed by atoms with van der Waals surface area (Å²) in [7, 11) is 0. The molecule has 0 amide bonds. The summed E-state index contributed by atoms with van der Waals surface area (Å²) in [5.74, 6) is 0. The zero-order valence-corrected chi connectivity index (χ0v) is 11.1. The minimum atomic E-state index is 0.454. The third kappa shape index (κ3) is 3.86. The molecular weight excluding hydrogens is 210 g/mol. The number of aromatic nitrogens is 1. The quantitative estimate of drug-likeness (QED) is 0.734. The van der Waals surface area contributed by atoms with Crippen molar-refractivity contribution in [3.8, 4) is 0 Å². The van der Waals surface area contributed by atoms with Gasteiger partial charge in [0.2, 0.25) is 0 Å². The molecule has 3 nitrogen and oxygen atoms in total. The van der Waals surface area contributed by atoms with Crippen LogP contribution in [0.15, 0.2) is 31.1 Å². The molecule has 1 aromatic rings. The second-order valence-corrected chi connectivity index (χ2v) is 4.32. The van der Waals surface area contributed by atoms with E-state index in [0.29, 0.717) is 6.04 Å². The summed E-state index contributed by atoms with van der Waals surface area (Å²) >= 11 is 0. The Hall–Kier alpha value is -1.35. The lowest BCUT2D eigenvalue weighted by atomic mass is 10.1. The summed E-state index contributed by atoms with van der Waals surface area (Å²) < 4.78 is 0. The third-order valence-corrected chi connectivity index (χ3v) is 2.70. The van der Waals surface area contributed by atoms with Gasteiger partial charge in [0, 0.05) is 42.8 Å². The van der Waals surface area contributed by atoms with Crippen LogP contribution < -0.4 is 10.2 Å². The number of hydrogen-bond donors (Lipinski definition) is 1. The van der Waals surface area contributed by atoms with Crippen LogP contribution in [0.25, 0.3) is 0 Å². The van der Waals surface area contributed by atoms with Gasteiger partial charge in [-0.1, -0.05) is 13.0 Å². The fraction of sp³-hybridized carbons (Fsp3) is 0.500. The molecule has 0 fully saturated rings. The van der Waals surface area contributed by atoms with Gasteiger partial charge in [0.05, 0.1) is 0 Å². The first-order valence-corrected chi connectivity index (χ1v) is 6.21. The van der Waals surface area contributed by atoms with Crippen molar-refractivity contribution in [3.63, 3.8) is 0 Å². The lowest BCUT2D eigenvalue weighted by Gasteiger charge is -2.29. The average Bonchev–Trinajstić information content (AvgIpc) is 2.33. The molecule has 0 aliphatic carbocycles. The normalized spacial score (nSPS) is 10.6. The van der Waals surface area contributed by atoms with Gasteiger partial charge in [0.15, 0.2) is 0 Å². The van der Waals surface area contributed by atoms with Gasteiger partial charge in [-0.2, -0.15) is 0 Å². The highest BCUT2D eigenvalue weighted by Crippen LogP contribution is 2.21. The van der Waals surface area contributed by atoms with Crippen LogP contribution in [-0.2, 0) is 6.54 Å². The van der Waals surface area contributed by atoms with Gasteiger partial charge in [-0.05, 0) is 26.5 Å². The van der Waals surface area contributed by atoms with Gasteiger partial charge in [-0.3, -0.25) is 4.98 Å². The van der Waals surface area contributed by atoms with E-state index >= 15 is 0 Å². The predicted octanol–water partition coefficient (Wildman–Crippen LogP) is 2.59. The average molecular weight is 233 g/mol. The zero-order valence-electron chi connectivity index (χ0n) is 11.1. The maximum absolute atomic E-state index is 4.21. The number of nitrogens with one attached hydrogen (secondary N) is 1. The van der Waals surface area contributed by atoms with Crippen LogP contribution in [0.1, 0.15) is 26.3 Å². The molecule has 1 N–H and O–H groups in total. The largest absolute Gasteiger partial charge is 0.365 e. The lowest BCUT2D eigenvalue weighted by Crippen LogP contribution is -2.32. The standard InChI is InChI=1S/C14H23N3/c1-5-9-17(12(3)4)14-7-8-16-11-13(14)10-15-6-2/h5,7-8,11-12,15H,1,6,9-10H2,2-4H3. The van der Waals surface area contributed by atoms with Crippen LogP contribution in [-0.4, -0.2) is 24.1 Å². The summed E-state index contributed by atoms with van der Waals surface area (Å²) in [4.78, 5) is 6.54. The van der Waals surface area contributed by atoms with E-state index in [1.807, 2.05) is 18.5 Å². The Morgan fingerprint density at radius 1 is 1.53 bits per heavy atom. The Kier molecular flexibility index (Phi) is 5.70. The first kappa shape index (κ1) is 13.7. The highest BCUT2D eigenvalue weighted by Gasteiger charge is 2.12. The van der Waals surface area contributed by atoms with Crippen molar-refractivity contribution in [2.45, 2.75) is 33.4 Å². The molecule has 1 heterocycles. The fourth-order valence-corrected chi connectivity index (χ4v) is 1.82. The van der Waals surface area contributed by atoms with Crippen LogP contribution in [0, 0.1) is 0 Å². The Morgan fingerprint density at radius 2 is 2.29 bits per heavy atom. The highest BCUT2D eigenvalue weighted by atomic mass is 15.2. The van der Waals surface area contributed by atoms with E-state index in [-0.39, 0.29) is 0 Å². The first-order chi connectivity index (χ1) is 8.20. The lowest BCUT2D eigenvalue weighted by molar-refractivity contribution is 0.693. The molecule has 3 heteroatoms. The minimum Gasteiger partial charge on any atom is -0.365 e. The van der Waals surface area contributed by atoms with Crippen LogP contribution in [0.2, 0.25) is 0 Å². The smallest absolute Gasteiger partial charge is 0.0447 e. The maximum Gasteiger partial charge on any atom is 0.0447 e. The van der Waals surface area contributed by atoms with Crippen LogP contribution >= 0.6 is 0 Å². The van der Waals surface area contributed by atoms with Gasteiger partial charge >= 0.3 is 0 Å². The van der Waals surface area contributed by atoms with Crippen molar-refractivity contribution in [2.75, 3.05) is 18.0 Å². The molecule has 0 aliphatic rings. The fourth-order valence-electron chi connectivity index (χ4n) is 1.82. The number of hydrogen-bond acceptors (Lipinski definition) is 3. The highest BCUT2D eigenvalue weighted by molar-refractivity contribution is 5.53. The zero-order chi connectivity index (χ0) is 12.7. The molecule has 94 valence electrons. The molecular formula is C14H23N3. The third-order valence-electron chi connectivity index (χ3n) is 2.70. The molecule has 0 radical (unpaired) electrons. The second kappa shape index (κ2) is 7.07. The molecule has 0 aliphatic heterocycles. The van der Waals surface area contributed by atoms with Crippen LogP contribution in [0.4, 0.5) is 5.69 Å². The van der Waals surface area contributed by atoms with Crippen molar-refractivity contribution in [2.24, 2.45) is 0 Å². The number of pyridine rings is 1. The Labute approximate surface area is 105 Å². The molecule has 0 spiro atoms. The van der Waals surface area contributed by atoms with Crippen molar-refractivity contribution in [1.29, 1.82) is 0 Å². The van der Waals surface area contributed by atoms with Gasteiger partial charge in [-0.25, -0.2) is 0 Å². The first-order valence-electron chi connectivity index (χ1n) is 6.21. The molecule has 17 heavy (non-hydrogen) atoms. The van der Waals surface area contributed by atoms with Gasteiger partial charge < -0.3 is 10.2 Å². The summed E-state index contributed by atoms with van der Waals surface area (Å²) in [6.07, 6.45) is 5.73. The molecule has 0 atom stereocenters. The molecule has 0 bridgehead atoms. The second-order valence-electron chi connectivity index (χ2n) is 4.32. The van der Waals surface area contributed by atoms with E-state index in [2.05, 4.69) is 48.6 Å². The number of nitrogens with zero attached hydrogens (tertiary/aromatic N) is 2. The molecule has 0 saturated carbocycles. The van der Waals surface area contributed by atoms with E-state index in [1.54, 1.807) is 0 Å². The summed E-state index contributed by atoms with van der Waals surface area (Å²) in [6, 6.07) is 2.53. The van der Waals surface area contributed by atoms with Gasteiger partial charge in [0.25, 0.3) is 0 Å². The van der Waals surface area contributed by atoms with Crippen LogP contribution in [0.3, 0.4) is 0 Å². The molecule has 0 saturated heterocycles. The number of anilines is 1. The Balaban J connectivity index is 2.95. The van der Waals surface area contributed by atoms with Crippen LogP contribution in [0.5, 0.6) is 0 Å². The van der Waals surface area contributed by atoms with Crippen molar-refractivity contribution < 1.29 is 0 Å². The molecule has 0 unspecified atom stereocenters. The molecule has 1 aromatic heterocycles. The topological polar surface area (TPSA) is 28.2 Å². The van der Waals surface area contributed by atoms with E-state index in [9.17, 15) is 0 Å². The summed E-state index contributed by atoms with van der Waals surface area (Å²) in [6.45, 7) is 13.0. The summed E-state index contributed by atoms with van der Waals surface area (Å²) in [5, 5.41) is 3.35.